The summed E-state index contributed by atoms with van der Waals surface area (Å²) in [5.41, 5.74) is 1.09. The topological polar surface area (TPSA) is 44.8 Å². The predicted molar refractivity (Wildman–Crippen MR) is 79.4 cm³/mol. The molecule has 0 spiro atoms. The van der Waals surface area contributed by atoms with Gasteiger partial charge in [-0.1, -0.05) is 43.0 Å². The van der Waals surface area contributed by atoms with Crippen molar-refractivity contribution in [2.24, 2.45) is 0 Å². The Bertz CT molecular complexity index is 575. The average molecular weight is 284 g/mol. The summed E-state index contributed by atoms with van der Waals surface area (Å²) in [5, 5.41) is 0. The molecule has 0 atom stereocenters. The highest BCUT2D eigenvalue weighted by molar-refractivity contribution is 5.63. The number of hydrogen-bond acceptors (Lipinski definition) is 4. The third-order valence-corrected chi connectivity index (χ3v) is 2.59. The maximum absolute atomic E-state index is 11.2. The number of hydrogen-bond donors (Lipinski definition) is 0. The Kier molecular flexibility index (Phi) is 5.41. The molecule has 21 heavy (non-hydrogen) atoms. The van der Waals surface area contributed by atoms with E-state index in [1.807, 2.05) is 30.3 Å². The van der Waals surface area contributed by atoms with Crippen LogP contribution < -0.4 is 9.47 Å². The van der Waals surface area contributed by atoms with Gasteiger partial charge in [-0.05, 0) is 29.8 Å². The van der Waals surface area contributed by atoms with Gasteiger partial charge in [0, 0.05) is 0 Å². The molecule has 2 aromatic rings. The summed E-state index contributed by atoms with van der Waals surface area (Å²) in [6.45, 7) is 4.06. The van der Waals surface area contributed by atoms with Crippen LogP contribution in [0.5, 0.6) is 11.5 Å². The van der Waals surface area contributed by atoms with Gasteiger partial charge < -0.3 is 14.2 Å². The Morgan fingerprint density at radius 2 is 1.67 bits per heavy atom. The van der Waals surface area contributed by atoms with Gasteiger partial charge in [-0.3, -0.25) is 0 Å². The van der Waals surface area contributed by atoms with Gasteiger partial charge in [0.15, 0.2) is 0 Å². The van der Waals surface area contributed by atoms with E-state index in [0.717, 1.165) is 5.56 Å². The molecule has 0 bridgehead atoms. The van der Waals surface area contributed by atoms with Crippen molar-refractivity contribution in [2.45, 2.75) is 6.61 Å². The second kappa shape index (κ2) is 7.75. The molecule has 4 nitrogen and oxygen atoms in total. The van der Waals surface area contributed by atoms with Gasteiger partial charge in [-0.25, -0.2) is 4.79 Å². The normalized spacial score (nSPS) is 9.71. The van der Waals surface area contributed by atoms with Crippen molar-refractivity contribution in [1.29, 1.82) is 0 Å². The molecular weight excluding hydrogens is 268 g/mol. The van der Waals surface area contributed by atoms with E-state index in [2.05, 4.69) is 6.58 Å². The Hall–Kier alpha value is -2.75. The van der Waals surface area contributed by atoms with E-state index in [-0.39, 0.29) is 6.61 Å². The zero-order valence-electron chi connectivity index (χ0n) is 11.5. The summed E-state index contributed by atoms with van der Waals surface area (Å²) in [6.07, 6.45) is 0.717. The standard InChI is InChI=1S/C17H16O4/c1-2-12-19-17(18)21-16-10-8-15(9-11-16)20-13-14-6-4-3-5-7-14/h2-11H,1,12-13H2. The Balaban J connectivity index is 1.84. The average Bonchev–Trinajstić information content (AvgIpc) is 2.53. The highest BCUT2D eigenvalue weighted by Gasteiger charge is 2.05. The van der Waals surface area contributed by atoms with Gasteiger partial charge in [0.2, 0.25) is 0 Å². The van der Waals surface area contributed by atoms with Gasteiger partial charge in [0.1, 0.15) is 24.7 Å². The lowest BCUT2D eigenvalue weighted by Gasteiger charge is -2.07. The fourth-order valence-corrected chi connectivity index (χ4v) is 1.60. The van der Waals surface area contributed by atoms with Crippen molar-refractivity contribution >= 4 is 6.16 Å². The maximum atomic E-state index is 11.2. The third-order valence-electron chi connectivity index (χ3n) is 2.59. The minimum Gasteiger partial charge on any atom is -0.489 e. The minimum absolute atomic E-state index is 0.122. The summed E-state index contributed by atoms with van der Waals surface area (Å²) >= 11 is 0. The molecule has 0 aliphatic rings. The molecule has 0 saturated heterocycles. The van der Waals surface area contributed by atoms with Crippen LogP contribution in [0.1, 0.15) is 5.56 Å². The first-order valence-electron chi connectivity index (χ1n) is 6.50. The molecule has 2 aromatic carbocycles. The largest absolute Gasteiger partial charge is 0.514 e. The van der Waals surface area contributed by atoms with E-state index >= 15 is 0 Å². The van der Waals surface area contributed by atoms with E-state index in [1.54, 1.807) is 24.3 Å². The van der Waals surface area contributed by atoms with Crippen LogP contribution in [0.4, 0.5) is 4.79 Å². The lowest BCUT2D eigenvalue weighted by atomic mass is 10.2. The number of rotatable bonds is 6. The van der Waals surface area contributed by atoms with Crippen molar-refractivity contribution in [3.05, 3.63) is 72.8 Å². The van der Waals surface area contributed by atoms with E-state index < -0.39 is 6.16 Å². The smallest absolute Gasteiger partial charge is 0.489 e. The molecule has 0 unspecified atom stereocenters. The lowest BCUT2D eigenvalue weighted by molar-refractivity contribution is 0.109. The minimum atomic E-state index is -0.757. The number of carbonyl (C=O) groups is 1. The van der Waals surface area contributed by atoms with Gasteiger partial charge in [0.05, 0.1) is 0 Å². The van der Waals surface area contributed by atoms with Crippen molar-refractivity contribution in [1.82, 2.24) is 0 Å². The van der Waals surface area contributed by atoms with E-state index in [9.17, 15) is 4.79 Å². The Morgan fingerprint density at radius 3 is 2.33 bits per heavy atom. The van der Waals surface area contributed by atoms with E-state index in [0.29, 0.717) is 18.1 Å². The van der Waals surface area contributed by atoms with Crippen LogP contribution in [0.2, 0.25) is 0 Å². The molecular formula is C17H16O4. The van der Waals surface area contributed by atoms with Crippen molar-refractivity contribution in [3.8, 4) is 11.5 Å². The zero-order chi connectivity index (χ0) is 14.9. The van der Waals surface area contributed by atoms with Crippen LogP contribution in [0.15, 0.2) is 67.3 Å². The van der Waals surface area contributed by atoms with Crippen LogP contribution in [-0.2, 0) is 11.3 Å². The summed E-state index contributed by atoms with van der Waals surface area (Å²) in [5.74, 6) is 1.10. The van der Waals surface area contributed by atoms with Crippen molar-refractivity contribution in [2.75, 3.05) is 6.61 Å². The molecule has 0 saturated carbocycles. The quantitative estimate of drug-likeness (QED) is 0.457. The number of ether oxygens (including phenoxy) is 3. The third kappa shape index (κ3) is 5.03. The highest BCUT2D eigenvalue weighted by Crippen LogP contribution is 2.19. The second-order valence-electron chi connectivity index (χ2n) is 4.20. The van der Waals surface area contributed by atoms with Gasteiger partial charge >= 0.3 is 6.16 Å². The number of carbonyl (C=O) groups excluding carboxylic acids is 1. The molecule has 0 fully saturated rings. The summed E-state index contributed by atoms with van der Waals surface area (Å²) in [6, 6.07) is 16.6. The molecule has 4 heteroatoms. The molecule has 0 aliphatic heterocycles. The number of benzene rings is 2. The van der Waals surface area contributed by atoms with E-state index in [4.69, 9.17) is 14.2 Å². The summed E-state index contributed by atoms with van der Waals surface area (Å²) < 4.78 is 15.3. The molecule has 2 rings (SSSR count). The molecule has 0 aliphatic carbocycles. The highest BCUT2D eigenvalue weighted by atomic mass is 16.7. The first kappa shape index (κ1) is 14.7. The van der Waals surface area contributed by atoms with Crippen molar-refractivity contribution in [3.63, 3.8) is 0 Å². The second-order valence-corrected chi connectivity index (χ2v) is 4.20. The first-order valence-corrected chi connectivity index (χ1v) is 6.50. The maximum Gasteiger partial charge on any atom is 0.514 e. The summed E-state index contributed by atoms with van der Waals surface area (Å²) in [4.78, 5) is 11.2. The first-order chi connectivity index (χ1) is 10.3. The van der Waals surface area contributed by atoms with Crippen LogP contribution in [0.25, 0.3) is 0 Å². The van der Waals surface area contributed by atoms with Gasteiger partial charge in [-0.15, -0.1) is 0 Å². The monoisotopic (exact) mass is 284 g/mol. The van der Waals surface area contributed by atoms with Crippen LogP contribution in [0.3, 0.4) is 0 Å². The fourth-order valence-electron chi connectivity index (χ4n) is 1.60. The fraction of sp³-hybridized carbons (Fsp3) is 0.118. The Morgan fingerprint density at radius 1 is 1.00 bits per heavy atom. The van der Waals surface area contributed by atoms with Gasteiger partial charge in [-0.2, -0.15) is 0 Å². The molecule has 0 radical (unpaired) electrons. The predicted octanol–water partition coefficient (Wildman–Crippen LogP) is 3.97. The van der Waals surface area contributed by atoms with Crippen LogP contribution in [-0.4, -0.2) is 12.8 Å². The molecule has 108 valence electrons. The van der Waals surface area contributed by atoms with Crippen molar-refractivity contribution < 1.29 is 19.0 Å². The lowest BCUT2D eigenvalue weighted by Crippen LogP contribution is -2.10. The molecule has 0 amide bonds. The van der Waals surface area contributed by atoms with Gasteiger partial charge in [0.25, 0.3) is 0 Å². The van der Waals surface area contributed by atoms with Crippen LogP contribution >= 0.6 is 0 Å². The van der Waals surface area contributed by atoms with E-state index in [1.165, 1.54) is 6.08 Å². The summed E-state index contributed by atoms with van der Waals surface area (Å²) in [7, 11) is 0. The molecule has 0 aromatic heterocycles. The SMILES string of the molecule is C=CCOC(=O)Oc1ccc(OCc2ccccc2)cc1. The zero-order valence-corrected chi connectivity index (χ0v) is 11.5. The van der Waals surface area contributed by atoms with Crippen LogP contribution in [0, 0.1) is 0 Å². The molecule has 0 heterocycles. The Labute approximate surface area is 123 Å². The molecule has 0 N–H and O–H groups in total.